The Balaban J connectivity index is 1.79. The third-order valence-electron chi connectivity index (χ3n) is 3.94. The summed E-state index contributed by atoms with van der Waals surface area (Å²) in [5.41, 5.74) is 0. The van der Waals surface area contributed by atoms with Crippen LogP contribution in [0.25, 0.3) is 0 Å². The van der Waals surface area contributed by atoms with Gasteiger partial charge in [-0.1, -0.05) is 11.6 Å². The summed E-state index contributed by atoms with van der Waals surface area (Å²) in [7, 11) is -3.70. The molecule has 0 aromatic carbocycles. The number of thiophene rings is 1. The van der Waals surface area contributed by atoms with E-state index in [1.54, 1.807) is 11.4 Å². The summed E-state index contributed by atoms with van der Waals surface area (Å²) < 4.78 is 33.4. The van der Waals surface area contributed by atoms with Crippen molar-refractivity contribution < 1.29 is 17.9 Å². The van der Waals surface area contributed by atoms with Crippen LogP contribution >= 0.6 is 22.9 Å². The molecule has 2 fully saturated rings. The van der Waals surface area contributed by atoms with Gasteiger partial charge in [0.2, 0.25) is 5.91 Å². The number of ether oxygens (including phenoxy) is 1. The Labute approximate surface area is 138 Å². The van der Waals surface area contributed by atoms with Gasteiger partial charge in [-0.05, 0) is 30.7 Å². The molecule has 0 aliphatic carbocycles. The molecular formula is C13H17ClN2O4S2. The topological polar surface area (TPSA) is 84.5 Å². The Morgan fingerprint density at radius 3 is 2.86 bits per heavy atom. The predicted octanol–water partition coefficient (Wildman–Crippen LogP) is 1.51. The second-order valence-corrected chi connectivity index (χ2v) is 8.70. The first-order chi connectivity index (χ1) is 10.5. The first kappa shape index (κ1) is 16.2. The standard InChI is InChI=1S/C13H17ClN2O4S2/c14-8-5-7-21-13(8)22(18,19)16-9-3-4-11(17)15-12(9)10-2-1-6-20-10/h5,7,9-10,12,16H,1-4,6H2,(H,15,17). The monoisotopic (exact) mass is 364 g/mol. The van der Waals surface area contributed by atoms with E-state index in [1.807, 2.05) is 0 Å². The van der Waals surface area contributed by atoms with Crippen molar-refractivity contribution in [3.63, 3.8) is 0 Å². The molecule has 9 heteroatoms. The Morgan fingerprint density at radius 1 is 1.41 bits per heavy atom. The van der Waals surface area contributed by atoms with E-state index in [4.69, 9.17) is 16.3 Å². The molecule has 1 aromatic heterocycles. The smallest absolute Gasteiger partial charge is 0.251 e. The van der Waals surface area contributed by atoms with Crippen molar-refractivity contribution in [3.8, 4) is 0 Å². The molecule has 1 amide bonds. The lowest BCUT2D eigenvalue weighted by Crippen LogP contribution is -2.59. The molecule has 6 nitrogen and oxygen atoms in total. The van der Waals surface area contributed by atoms with Crippen LogP contribution in [0.5, 0.6) is 0 Å². The first-order valence-corrected chi connectivity index (χ1v) is 9.88. The van der Waals surface area contributed by atoms with Gasteiger partial charge in [-0.3, -0.25) is 4.79 Å². The van der Waals surface area contributed by atoms with Crippen LogP contribution in [-0.4, -0.2) is 39.1 Å². The van der Waals surface area contributed by atoms with Crippen molar-refractivity contribution in [2.24, 2.45) is 0 Å². The molecule has 2 saturated heterocycles. The largest absolute Gasteiger partial charge is 0.376 e. The number of carbonyl (C=O) groups excluding carboxylic acids is 1. The van der Waals surface area contributed by atoms with Gasteiger partial charge in [-0.15, -0.1) is 11.3 Å². The summed E-state index contributed by atoms with van der Waals surface area (Å²) in [6, 6.07) is 0.835. The fraction of sp³-hybridized carbons (Fsp3) is 0.615. The molecule has 122 valence electrons. The number of sulfonamides is 1. The van der Waals surface area contributed by atoms with Crippen molar-refractivity contribution in [1.82, 2.24) is 10.0 Å². The van der Waals surface area contributed by atoms with E-state index in [-0.39, 0.29) is 33.3 Å². The number of amides is 1. The van der Waals surface area contributed by atoms with Crippen molar-refractivity contribution in [1.29, 1.82) is 0 Å². The lowest BCUT2D eigenvalue weighted by molar-refractivity contribution is -0.125. The van der Waals surface area contributed by atoms with E-state index < -0.39 is 10.0 Å². The third kappa shape index (κ3) is 3.30. The van der Waals surface area contributed by atoms with Crippen LogP contribution in [0.4, 0.5) is 0 Å². The zero-order valence-corrected chi connectivity index (χ0v) is 14.1. The second-order valence-electron chi connectivity index (χ2n) is 5.47. The third-order valence-corrected chi connectivity index (χ3v) is 7.46. The van der Waals surface area contributed by atoms with E-state index in [0.29, 0.717) is 19.4 Å². The number of piperidine rings is 1. The highest BCUT2D eigenvalue weighted by Crippen LogP contribution is 2.29. The summed E-state index contributed by atoms with van der Waals surface area (Å²) >= 11 is 7.00. The molecule has 22 heavy (non-hydrogen) atoms. The number of rotatable bonds is 4. The molecule has 2 aliphatic rings. The molecular weight excluding hydrogens is 348 g/mol. The number of halogens is 1. The Kier molecular flexibility index (Phi) is 4.75. The lowest BCUT2D eigenvalue weighted by atomic mass is 9.93. The van der Waals surface area contributed by atoms with E-state index in [1.165, 1.54) is 0 Å². The van der Waals surface area contributed by atoms with Crippen LogP contribution in [0, 0.1) is 0 Å². The summed E-state index contributed by atoms with van der Waals surface area (Å²) in [6.45, 7) is 0.646. The molecule has 3 rings (SSSR count). The van der Waals surface area contributed by atoms with E-state index >= 15 is 0 Å². The van der Waals surface area contributed by atoms with Gasteiger partial charge in [0, 0.05) is 19.1 Å². The quantitative estimate of drug-likeness (QED) is 0.848. The van der Waals surface area contributed by atoms with Crippen molar-refractivity contribution in [3.05, 3.63) is 16.5 Å². The fourth-order valence-corrected chi connectivity index (χ4v) is 5.92. The molecule has 0 bridgehead atoms. The van der Waals surface area contributed by atoms with Gasteiger partial charge < -0.3 is 10.1 Å². The highest BCUT2D eigenvalue weighted by molar-refractivity contribution is 7.91. The number of hydrogen-bond acceptors (Lipinski definition) is 5. The minimum atomic E-state index is -3.70. The lowest BCUT2D eigenvalue weighted by Gasteiger charge is -2.35. The SMILES string of the molecule is O=C1CCC(NS(=O)(=O)c2sccc2Cl)C(C2CCCO2)N1. The van der Waals surface area contributed by atoms with E-state index in [2.05, 4.69) is 10.0 Å². The summed E-state index contributed by atoms with van der Waals surface area (Å²) in [5, 5.41) is 4.72. The highest BCUT2D eigenvalue weighted by Gasteiger charge is 2.39. The maximum atomic E-state index is 12.5. The molecule has 2 aliphatic heterocycles. The average Bonchev–Trinajstić information content (AvgIpc) is 3.11. The van der Waals surface area contributed by atoms with Crippen LogP contribution in [0.3, 0.4) is 0 Å². The van der Waals surface area contributed by atoms with E-state index in [9.17, 15) is 13.2 Å². The Hall–Kier alpha value is -0.670. The summed E-state index contributed by atoms with van der Waals surface area (Å²) in [4.78, 5) is 11.7. The van der Waals surface area contributed by atoms with Gasteiger partial charge in [-0.2, -0.15) is 0 Å². The number of nitrogens with one attached hydrogen (secondary N) is 2. The van der Waals surface area contributed by atoms with Gasteiger partial charge in [-0.25, -0.2) is 13.1 Å². The second kappa shape index (κ2) is 6.45. The predicted molar refractivity (Wildman–Crippen MR) is 83.6 cm³/mol. The zero-order chi connectivity index (χ0) is 15.7. The Morgan fingerprint density at radius 2 is 2.23 bits per heavy atom. The average molecular weight is 365 g/mol. The van der Waals surface area contributed by atoms with Gasteiger partial charge in [0.25, 0.3) is 10.0 Å². The molecule has 3 heterocycles. The molecule has 1 aromatic rings. The van der Waals surface area contributed by atoms with Gasteiger partial charge in [0.15, 0.2) is 4.21 Å². The normalized spacial score (nSPS) is 29.5. The highest BCUT2D eigenvalue weighted by atomic mass is 35.5. The van der Waals surface area contributed by atoms with Crippen LogP contribution in [-0.2, 0) is 19.6 Å². The van der Waals surface area contributed by atoms with Crippen molar-refractivity contribution in [2.45, 2.75) is 48.1 Å². The molecule has 0 radical (unpaired) electrons. The van der Waals surface area contributed by atoms with Gasteiger partial charge in [0.05, 0.1) is 17.2 Å². The van der Waals surface area contributed by atoms with Crippen LogP contribution in [0.15, 0.2) is 15.7 Å². The maximum Gasteiger partial charge on any atom is 0.251 e. The molecule has 0 saturated carbocycles. The fourth-order valence-electron chi connectivity index (χ4n) is 2.92. The molecule has 0 spiro atoms. The van der Waals surface area contributed by atoms with Gasteiger partial charge >= 0.3 is 0 Å². The Bertz CT molecular complexity index is 655. The first-order valence-electron chi connectivity index (χ1n) is 7.13. The van der Waals surface area contributed by atoms with Crippen LogP contribution < -0.4 is 10.0 Å². The van der Waals surface area contributed by atoms with Crippen LogP contribution in [0.1, 0.15) is 25.7 Å². The minimum absolute atomic E-state index is 0.0647. The minimum Gasteiger partial charge on any atom is -0.376 e. The summed E-state index contributed by atoms with van der Waals surface area (Å²) in [5.74, 6) is -0.0647. The zero-order valence-electron chi connectivity index (χ0n) is 11.7. The van der Waals surface area contributed by atoms with Crippen molar-refractivity contribution >= 4 is 38.9 Å². The van der Waals surface area contributed by atoms with Crippen LogP contribution in [0.2, 0.25) is 5.02 Å². The van der Waals surface area contributed by atoms with Crippen molar-refractivity contribution in [2.75, 3.05) is 6.61 Å². The van der Waals surface area contributed by atoms with E-state index in [0.717, 1.165) is 24.2 Å². The molecule has 2 N–H and O–H groups in total. The summed E-state index contributed by atoms with van der Waals surface area (Å²) in [6.07, 6.45) is 2.36. The van der Waals surface area contributed by atoms with Gasteiger partial charge in [0.1, 0.15) is 0 Å². The molecule has 3 atom stereocenters. The number of carbonyl (C=O) groups is 1. The maximum absolute atomic E-state index is 12.5. The molecule has 3 unspecified atom stereocenters. The number of hydrogen-bond donors (Lipinski definition) is 2.